The molecule has 0 aromatic rings. The number of hydrogen-bond donors (Lipinski definition) is 0. The topological polar surface area (TPSA) is 52.6 Å². The minimum absolute atomic E-state index is 0.303. The Balaban J connectivity index is 3.65. The van der Waals surface area contributed by atoms with E-state index in [2.05, 4.69) is 4.74 Å². The largest absolute Gasteiger partial charge is 0.469 e. The summed E-state index contributed by atoms with van der Waals surface area (Å²) in [5.41, 5.74) is 0. The van der Waals surface area contributed by atoms with Crippen LogP contribution in [-0.4, -0.2) is 42.0 Å². The highest BCUT2D eigenvalue weighted by Gasteiger charge is 2.15. The van der Waals surface area contributed by atoms with Crippen LogP contribution in [0.25, 0.3) is 0 Å². The van der Waals surface area contributed by atoms with Gasteiger partial charge in [-0.1, -0.05) is 6.92 Å². The molecule has 0 aliphatic rings. The predicted molar refractivity (Wildman–Crippen MR) is 55.5 cm³/mol. The van der Waals surface area contributed by atoms with E-state index in [4.69, 9.17) is 4.74 Å². The maximum atomic E-state index is 11.4. The zero-order valence-corrected chi connectivity index (χ0v) is 9.76. The van der Waals surface area contributed by atoms with E-state index in [0.29, 0.717) is 24.7 Å². The van der Waals surface area contributed by atoms with Crippen LogP contribution >= 0.6 is 0 Å². The molecule has 0 spiro atoms. The van der Waals surface area contributed by atoms with Crippen LogP contribution in [-0.2, 0) is 25.1 Å². The van der Waals surface area contributed by atoms with Crippen LogP contribution in [0.4, 0.5) is 0 Å². The maximum absolute atomic E-state index is 11.4. The van der Waals surface area contributed by atoms with Gasteiger partial charge in [-0.05, 0) is 6.92 Å². The van der Waals surface area contributed by atoms with Crippen molar-refractivity contribution in [2.75, 3.05) is 31.8 Å². The van der Waals surface area contributed by atoms with Crippen molar-refractivity contribution in [2.24, 2.45) is 5.92 Å². The zero-order chi connectivity index (χ0) is 11.0. The Morgan fingerprint density at radius 2 is 2.14 bits per heavy atom. The molecule has 84 valence electrons. The molecule has 0 aliphatic carbocycles. The lowest BCUT2D eigenvalue weighted by Crippen LogP contribution is -2.21. The molecule has 14 heavy (non-hydrogen) atoms. The summed E-state index contributed by atoms with van der Waals surface area (Å²) in [4.78, 5) is 11.0. The Labute approximate surface area is 87.4 Å². The second-order valence-corrected chi connectivity index (χ2v) is 4.55. The molecule has 0 bridgehead atoms. The summed E-state index contributed by atoms with van der Waals surface area (Å²) < 4.78 is 21.0. The molecule has 0 heterocycles. The molecule has 2 unspecified atom stereocenters. The van der Waals surface area contributed by atoms with Crippen molar-refractivity contribution in [2.45, 2.75) is 13.8 Å². The van der Waals surface area contributed by atoms with Gasteiger partial charge in [-0.25, -0.2) is 0 Å². The summed E-state index contributed by atoms with van der Waals surface area (Å²) in [6, 6.07) is 0. The van der Waals surface area contributed by atoms with E-state index in [0.717, 1.165) is 0 Å². The van der Waals surface area contributed by atoms with Crippen molar-refractivity contribution in [1.29, 1.82) is 0 Å². The maximum Gasteiger partial charge on any atom is 0.309 e. The van der Waals surface area contributed by atoms with Crippen LogP contribution in [0.2, 0.25) is 0 Å². The minimum Gasteiger partial charge on any atom is -0.469 e. The van der Waals surface area contributed by atoms with Gasteiger partial charge in [-0.2, -0.15) is 0 Å². The van der Waals surface area contributed by atoms with E-state index in [-0.39, 0.29) is 11.9 Å². The predicted octanol–water partition coefficient (Wildman–Crippen LogP) is 0.581. The number of ether oxygens (including phenoxy) is 2. The molecule has 0 aliphatic heterocycles. The van der Waals surface area contributed by atoms with Gasteiger partial charge in [0.15, 0.2) is 0 Å². The summed E-state index contributed by atoms with van der Waals surface area (Å²) >= 11 is 0. The van der Waals surface area contributed by atoms with Crippen LogP contribution in [0.3, 0.4) is 0 Å². The van der Waals surface area contributed by atoms with Crippen molar-refractivity contribution < 1.29 is 18.5 Å². The Kier molecular flexibility index (Phi) is 7.70. The summed E-state index contributed by atoms with van der Waals surface area (Å²) in [5, 5.41) is 0. The fraction of sp³-hybridized carbons (Fsp3) is 0.889. The van der Waals surface area contributed by atoms with Gasteiger partial charge < -0.3 is 9.47 Å². The SMILES string of the molecule is CCOCCS(=O)CC(C)C(=O)OC. The Morgan fingerprint density at radius 3 is 2.64 bits per heavy atom. The van der Waals surface area contributed by atoms with Crippen LogP contribution in [0.5, 0.6) is 0 Å². The molecular weight excluding hydrogens is 204 g/mol. The van der Waals surface area contributed by atoms with Crippen LogP contribution in [0, 0.1) is 5.92 Å². The molecular formula is C9H18O4S. The van der Waals surface area contributed by atoms with Crippen LogP contribution in [0.1, 0.15) is 13.8 Å². The first-order valence-corrected chi connectivity index (χ1v) is 6.11. The standard InChI is InChI=1S/C9H18O4S/c1-4-13-5-6-14(11)7-8(2)9(10)12-3/h8H,4-7H2,1-3H3. The lowest BCUT2D eigenvalue weighted by molar-refractivity contribution is -0.144. The molecule has 4 nitrogen and oxygen atoms in total. The van der Waals surface area contributed by atoms with E-state index in [9.17, 15) is 9.00 Å². The molecule has 0 saturated carbocycles. The molecule has 0 aromatic heterocycles. The van der Waals surface area contributed by atoms with E-state index < -0.39 is 10.8 Å². The zero-order valence-electron chi connectivity index (χ0n) is 8.95. The Hall–Kier alpha value is -0.420. The number of rotatable bonds is 7. The van der Waals surface area contributed by atoms with Gasteiger partial charge in [-0.3, -0.25) is 9.00 Å². The van der Waals surface area contributed by atoms with Gasteiger partial charge in [0.25, 0.3) is 0 Å². The number of carbonyl (C=O) groups excluding carboxylic acids is 1. The molecule has 0 N–H and O–H groups in total. The summed E-state index contributed by atoms with van der Waals surface area (Å²) in [7, 11) is 0.336. The monoisotopic (exact) mass is 222 g/mol. The lowest BCUT2D eigenvalue weighted by Gasteiger charge is -2.08. The third-order valence-electron chi connectivity index (χ3n) is 1.70. The first-order chi connectivity index (χ1) is 6.61. The normalized spacial score (nSPS) is 14.8. The van der Waals surface area contributed by atoms with Gasteiger partial charge in [0.05, 0.1) is 19.6 Å². The number of methoxy groups -OCH3 is 1. The summed E-state index contributed by atoms with van der Waals surface area (Å²) in [5.74, 6) is 0.215. The van der Waals surface area contributed by atoms with E-state index in [1.54, 1.807) is 6.92 Å². The quantitative estimate of drug-likeness (QED) is 0.467. The van der Waals surface area contributed by atoms with Gasteiger partial charge >= 0.3 is 5.97 Å². The summed E-state index contributed by atoms with van der Waals surface area (Å²) in [6.07, 6.45) is 0. The minimum atomic E-state index is -1.000. The summed E-state index contributed by atoms with van der Waals surface area (Å²) in [6.45, 7) is 4.71. The molecule has 5 heteroatoms. The van der Waals surface area contributed by atoms with Crippen molar-refractivity contribution >= 4 is 16.8 Å². The van der Waals surface area contributed by atoms with E-state index in [1.165, 1.54) is 7.11 Å². The molecule has 0 radical (unpaired) electrons. The average Bonchev–Trinajstić information content (AvgIpc) is 2.16. The molecule has 0 amide bonds. The van der Waals surface area contributed by atoms with Gasteiger partial charge in [0.1, 0.15) is 0 Å². The van der Waals surface area contributed by atoms with Crippen molar-refractivity contribution in [1.82, 2.24) is 0 Å². The van der Waals surface area contributed by atoms with Gasteiger partial charge in [0.2, 0.25) is 0 Å². The first-order valence-electron chi connectivity index (χ1n) is 4.62. The van der Waals surface area contributed by atoms with Crippen molar-refractivity contribution in [3.05, 3.63) is 0 Å². The number of carbonyl (C=O) groups is 1. The molecule has 0 rings (SSSR count). The van der Waals surface area contributed by atoms with Crippen molar-refractivity contribution in [3.8, 4) is 0 Å². The van der Waals surface area contributed by atoms with Gasteiger partial charge in [0, 0.05) is 28.9 Å². The second kappa shape index (κ2) is 7.94. The van der Waals surface area contributed by atoms with E-state index >= 15 is 0 Å². The lowest BCUT2D eigenvalue weighted by atomic mass is 10.2. The van der Waals surface area contributed by atoms with Crippen LogP contribution in [0.15, 0.2) is 0 Å². The Morgan fingerprint density at radius 1 is 1.50 bits per heavy atom. The Bertz CT molecular complexity index is 193. The number of esters is 1. The third kappa shape index (κ3) is 6.10. The average molecular weight is 222 g/mol. The van der Waals surface area contributed by atoms with Crippen molar-refractivity contribution in [3.63, 3.8) is 0 Å². The smallest absolute Gasteiger partial charge is 0.309 e. The highest BCUT2D eigenvalue weighted by Crippen LogP contribution is 2.00. The highest BCUT2D eigenvalue weighted by atomic mass is 32.2. The molecule has 0 saturated heterocycles. The molecule has 2 atom stereocenters. The second-order valence-electron chi connectivity index (χ2n) is 2.93. The van der Waals surface area contributed by atoms with E-state index in [1.807, 2.05) is 6.92 Å². The first kappa shape index (κ1) is 13.6. The fourth-order valence-electron chi connectivity index (χ4n) is 0.928. The molecule has 0 aromatic carbocycles. The van der Waals surface area contributed by atoms with Crippen LogP contribution < -0.4 is 0 Å². The number of hydrogen-bond acceptors (Lipinski definition) is 4. The molecule has 0 fully saturated rings. The fourth-order valence-corrected chi connectivity index (χ4v) is 2.09. The third-order valence-corrected chi connectivity index (χ3v) is 3.19. The highest BCUT2D eigenvalue weighted by molar-refractivity contribution is 7.85. The van der Waals surface area contributed by atoms with Gasteiger partial charge in [-0.15, -0.1) is 0 Å².